The fraction of sp³-hybridized carbons (Fsp3) is 0.923. The molecule has 2 heterocycles. The van der Waals surface area contributed by atoms with Crippen LogP contribution in [-0.2, 0) is 9.47 Å². The first kappa shape index (κ1) is 12.8. The van der Waals surface area contributed by atoms with E-state index in [1.54, 1.807) is 0 Å². The molecule has 3 fully saturated rings. The number of hydrogen-bond donors (Lipinski definition) is 1. The summed E-state index contributed by atoms with van der Waals surface area (Å²) < 4.78 is 11.0. The lowest BCUT2D eigenvalue weighted by molar-refractivity contribution is -0.0832. The maximum atomic E-state index is 5.61. The second-order valence-electron chi connectivity index (χ2n) is 5.47. The van der Waals surface area contributed by atoms with Crippen LogP contribution in [0.4, 0.5) is 0 Å². The van der Waals surface area contributed by atoms with Crippen molar-refractivity contribution in [2.24, 2.45) is 4.99 Å². The van der Waals surface area contributed by atoms with E-state index < -0.39 is 0 Å². The van der Waals surface area contributed by atoms with Gasteiger partial charge in [0.2, 0.25) is 0 Å². The van der Waals surface area contributed by atoms with Crippen LogP contribution in [0.15, 0.2) is 4.99 Å². The van der Waals surface area contributed by atoms with Gasteiger partial charge in [-0.05, 0) is 12.8 Å². The average molecular weight is 270 g/mol. The fourth-order valence-electron chi connectivity index (χ4n) is 2.92. The van der Waals surface area contributed by atoms with E-state index in [2.05, 4.69) is 10.3 Å². The topological polar surface area (TPSA) is 42.9 Å². The van der Waals surface area contributed by atoms with Crippen LogP contribution in [-0.4, -0.2) is 48.9 Å². The van der Waals surface area contributed by atoms with Gasteiger partial charge in [0.1, 0.15) is 6.10 Å². The van der Waals surface area contributed by atoms with E-state index in [4.69, 9.17) is 9.47 Å². The zero-order valence-corrected chi connectivity index (χ0v) is 11.6. The van der Waals surface area contributed by atoms with Gasteiger partial charge in [-0.2, -0.15) is 0 Å². The van der Waals surface area contributed by atoms with Crippen molar-refractivity contribution in [3.8, 4) is 0 Å². The highest BCUT2D eigenvalue weighted by Gasteiger charge is 2.38. The number of aliphatic imine (C=N–C) groups is 1. The molecule has 1 saturated carbocycles. The Morgan fingerprint density at radius 2 is 2.17 bits per heavy atom. The summed E-state index contributed by atoms with van der Waals surface area (Å²) >= 11 is 1.88. The van der Waals surface area contributed by atoms with Crippen LogP contribution in [0.25, 0.3) is 0 Å². The summed E-state index contributed by atoms with van der Waals surface area (Å²) in [6.07, 6.45) is 6.88. The van der Waals surface area contributed by atoms with E-state index in [1.165, 1.54) is 37.9 Å². The van der Waals surface area contributed by atoms with Crippen LogP contribution >= 0.6 is 11.8 Å². The van der Waals surface area contributed by atoms with Gasteiger partial charge in [0.05, 0.1) is 26.4 Å². The molecule has 1 spiro atoms. The minimum Gasteiger partial charge on any atom is -0.376 e. The van der Waals surface area contributed by atoms with Crippen LogP contribution in [0.3, 0.4) is 0 Å². The molecule has 2 saturated heterocycles. The first-order valence-electron chi connectivity index (χ1n) is 7.01. The zero-order chi connectivity index (χ0) is 12.3. The van der Waals surface area contributed by atoms with Gasteiger partial charge in [0.25, 0.3) is 0 Å². The van der Waals surface area contributed by atoms with Crippen molar-refractivity contribution in [1.82, 2.24) is 5.32 Å². The molecule has 0 amide bonds. The molecule has 0 aromatic heterocycles. The second-order valence-corrected chi connectivity index (χ2v) is 6.43. The average Bonchev–Trinajstić information content (AvgIpc) is 2.82. The van der Waals surface area contributed by atoms with Crippen molar-refractivity contribution < 1.29 is 9.47 Å². The highest BCUT2D eigenvalue weighted by Crippen LogP contribution is 2.36. The molecule has 0 aromatic carbocycles. The number of nitrogens with zero attached hydrogens (tertiary/aromatic N) is 1. The Kier molecular flexibility index (Phi) is 4.11. The molecule has 1 aliphatic carbocycles. The Balaban J connectivity index is 1.51. The van der Waals surface area contributed by atoms with Crippen LogP contribution in [0.2, 0.25) is 0 Å². The van der Waals surface area contributed by atoms with Gasteiger partial charge in [-0.1, -0.05) is 31.0 Å². The highest BCUT2D eigenvalue weighted by atomic mass is 32.2. The Morgan fingerprint density at radius 3 is 2.94 bits per heavy atom. The molecule has 1 atom stereocenters. The predicted molar refractivity (Wildman–Crippen MR) is 74.3 cm³/mol. The first-order valence-corrected chi connectivity index (χ1v) is 8.00. The number of nitrogens with one attached hydrogen (secondary N) is 1. The van der Waals surface area contributed by atoms with Gasteiger partial charge in [0.15, 0.2) is 5.17 Å². The van der Waals surface area contributed by atoms with Gasteiger partial charge in [-0.25, -0.2) is 0 Å². The molecular weight excluding hydrogens is 248 g/mol. The second kappa shape index (κ2) is 5.80. The maximum Gasteiger partial charge on any atom is 0.157 e. The third-order valence-corrected chi connectivity index (χ3v) is 5.19. The van der Waals surface area contributed by atoms with Crippen molar-refractivity contribution >= 4 is 16.9 Å². The molecule has 5 heteroatoms. The molecular formula is C13H22N2O2S. The molecule has 0 aromatic rings. The number of rotatable bonds is 2. The molecule has 4 nitrogen and oxygen atoms in total. The largest absolute Gasteiger partial charge is 0.376 e. The smallest absolute Gasteiger partial charge is 0.157 e. The first-order chi connectivity index (χ1) is 8.86. The standard InChI is InChI=1S/C13H22N2O2S/c1-2-4-13(5-3-1)10-18-12(15-13)14-8-11-9-16-6-7-17-11/h11H,1-10H2,(H,14,15). The number of thioether (sulfide) groups is 1. The van der Waals surface area contributed by atoms with Crippen LogP contribution in [0.1, 0.15) is 32.1 Å². The van der Waals surface area contributed by atoms with Gasteiger partial charge >= 0.3 is 0 Å². The van der Waals surface area contributed by atoms with Gasteiger partial charge in [-0.3, -0.25) is 4.99 Å². The quantitative estimate of drug-likeness (QED) is 0.831. The SMILES string of the molecule is C1CCC2(CC1)CSC(=NCC1COCCO1)N2. The third-order valence-electron chi connectivity index (χ3n) is 3.99. The van der Waals surface area contributed by atoms with Gasteiger partial charge in [-0.15, -0.1) is 0 Å². The lowest BCUT2D eigenvalue weighted by Crippen LogP contribution is -2.45. The van der Waals surface area contributed by atoms with Gasteiger partial charge < -0.3 is 14.8 Å². The van der Waals surface area contributed by atoms with Crippen molar-refractivity contribution in [2.75, 3.05) is 32.1 Å². The number of hydrogen-bond acceptors (Lipinski definition) is 4. The van der Waals surface area contributed by atoms with E-state index in [9.17, 15) is 0 Å². The lowest BCUT2D eigenvalue weighted by atomic mass is 9.83. The van der Waals surface area contributed by atoms with E-state index in [-0.39, 0.29) is 6.10 Å². The van der Waals surface area contributed by atoms with Crippen molar-refractivity contribution in [1.29, 1.82) is 0 Å². The van der Waals surface area contributed by atoms with E-state index >= 15 is 0 Å². The molecule has 0 radical (unpaired) electrons. The molecule has 0 bridgehead atoms. The normalized spacial score (nSPS) is 33.8. The lowest BCUT2D eigenvalue weighted by Gasteiger charge is -2.32. The monoisotopic (exact) mass is 270 g/mol. The summed E-state index contributed by atoms with van der Waals surface area (Å²) in [6, 6.07) is 0. The molecule has 1 N–H and O–H groups in total. The van der Waals surface area contributed by atoms with Crippen molar-refractivity contribution in [2.45, 2.75) is 43.7 Å². The summed E-state index contributed by atoms with van der Waals surface area (Å²) in [5.41, 5.74) is 0.353. The van der Waals surface area contributed by atoms with Gasteiger partial charge in [0, 0.05) is 11.3 Å². The number of ether oxygens (including phenoxy) is 2. The van der Waals surface area contributed by atoms with E-state index in [1.807, 2.05) is 11.8 Å². The molecule has 18 heavy (non-hydrogen) atoms. The Hall–Kier alpha value is -0.260. The van der Waals surface area contributed by atoms with E-state index in [0.717, 1.165) is 18.3 Å². The molecule has 3 rings (SSSR count). The molecule has 2 aliphatic heterocycles. The molecule has 102 valence electrons. The predicted octanol–water partition coefficient (Wildman–Crippen LogP) is 1.80. The Bertz CT molecular complexity index is 310. The molecule has 1 unspecified atom stereocenters. The highest BCUT2D eigenvalue weighted by molar-refractivity contribution is 8.14. The summed E-state index contributed by atoms with van der Waals surface area (Å²) in [7, 11) is 0. The summed E-state index contributed by atoms with van der Waals surface area (Å²) in [5.74, 6) is 1.19. The number of amidine groups is 1. The van der Waals surface area contributed by atoms with E-state index in [0.29, 0.717) is 18.8 Å². The minimum atomic E-state index is 0.150. The van der Waals surface area contributed by atoms with Crippen LogP contribution < -0.4 is 5.32 Å². The summed E-state index contributed by atoms with van der Waals surface area (Å²) in [4.78, 5) is 4.66. The fourth-order valence-corrected chi connectivity index (χ4v) is 4.14. The third kappa shape index (κ3) is 3.00. The van der Waals surface area contributed by atoms with Crippen LogP contribution in [0.5, 0.6) is 0 Å². The summed E-state index contributed by atoms with van der Waals surface area (Å²) in [6.45, 7) is 2.85. The molecule has 3 aliphatic rings. The van der Waals surface area contributed by atoms with Crippen LogP contribution in [0, 0.1) is 0 Å². The van der Waals surface area contributed by atoms with Crippen molar-refractivity contribution in [3.63, 3.8) is 0 Å². The summed E-state index contributed by atoms with van der Waals surface area (Å²) in [5, 5.41) is 4.78. The Labute approximate surface area is 113 Å². The van der Waals surface area contributed by atoms with Crippen molar-refractivity contribution in [3.05, 3.63) is 0 Å². The Morgan fingerprint density at radius 1 is 1.28 bits per heavy atom. The zero-order valence-electron chi connectivity index (χ0n) is 10.8. The minimum absolute atomic E-state index is 0.150. The maximum absolute atomic E-state index is 5.61.